The second kappa shape index (κ2) is 5.38. The highest BCUT2D eigenvalue weighted by molar-refractivity contribution is 7.98. The summed E-state index contributed by atoms with van der Waals surface area (Å²) in [6.07, 6.45) is 0. The number of aromatic amines is 1. The van der Waals surface area contributed by atoms with E-state index in [2.05, 4.69) is 9.97 Å². The summed E-state index contributed by atoms with van der Waals surface area (Å²) in [5.74, 6) is 0.735. The maximum Gasteiger partial charge on any atom is 0.335 e. The van der Waals surface area contributed by atoms with Crippen molar-refractivity contribution < 1.29 is 9.90 Å². The number of aromatic carboxylic acids is 1. The fourth-order valence-corrected chi connectivity index (χ4v) is 2.69. The van der Waals surface area contributed by atoms with Crippen LogP contribution in [0.2, 0.25) is 0 Å². The van der Waals surface area contributed by atoms with E-state index in [0.717, 1.165) is 27.5 Å². The molecule has 0 aliphatic rings. The average Bonchev–Trinajstić information content (AvgIpc) is 2.88. The SMILES string of the molecule is O=C(O)c1ccc(SCc2nc3ccccc3[nH]2)cc1. The van der Waals surface area contributed by atoms with Crippen molar-refractivity contribution in [2.45, 2.75) is 10.6 Å². The van der Waals surface area contributed by atoms with Gasteiger partial charge in [0.2, 0.25) is 0 Å². The molecule has 0 fully saturated rings. The van der Waals surface area contributed by atoms with Gasteiger partial charge in [-0.15, -0.1) is 11.8 Å². The standard InChI is InChI=1S/C15H12N2O2S/c18-15(19)10-5-7-11(8-6-10)20-9-14-16-12-3-1-2-4-13(12)17-14/h1-8H,9H2,(H,16,17)(H,18,19). The molecule has 0 aliphatic heterocycles. The van der Waals surface area contributed by atoms with Crippen molar-refractivity contribution in [1.82, 2.24) is 9.97 Å². The molecule has 0 radical (unpaired) electrons. The Hall–Kier alpha value is -2.27. The zero-order chi connectivity index (χ0) is 13.9. The fourth-order valence-electron chi connectivity index (χ4n) is 1.92. The molecule has 1 heterocycles. The molecule has 3 aromatic rings. The molecule has 2 N–H and O–H groups in total. The molecule has 0 unspecified atom stereocenters. The molecule has 20 heavy (non-hydrogen) atoms. The Morgan fingerprint density at radius 2 is 1.90 bits per heavy atom. The molecule has 0 spiro atoms. The first-order valence-corrected chi connectivity index (χ1v) is 7.11. The van der Waals surface area contributed by atoms with Gasteiger partial charge in [0, 0.05) is 4.90 Å². The number of carboxylic acid groups (broad SMARTS) is 1. The molecular formula is C15H12N2O2S. The van der Waals surface area contributed by atoms with Gasteiger partial charge in [0.05, 0.1) is 22.3 Å². The quantitative estimate of drug-likeness (QED) is 0.719. The Kier molecular flexibility index (Phi) is 3.43. The second-order valence-electron chi connectivity index (χ2n) is 4.32. The lowest BCUT2D eigenvalue weighted by atomic mass is 10.2. The van der Waals surface area contributed by atoms with Crippen molar-refractivity contribution >= 4 is 28.8 Å². The molecule has 0 saturated heterocycles. The van der Waals surface area contributed by atoms with E-state index in [-0.39, 0.29) is 0 Å². The number of imidazole rings is 1. The summed E-state index contributed by atoms with van der Waals surface area (Å²) >= 11 is 1.62. The topological polar surface area (TPSA) is 66.0 Å². The van der Waals surface area contributed by atoms with Gasteiger partial charge in [0.25, 0.3) is 0 Å². The van der Waals surface area contributed by atoms with Crippen LogP contribution in [0.3, 0.4) is 0 Å². The third-order valence-electron chi connectivity index (χ3n) is 2.92. The van der Waals surface area contributed by atoms with Crippen LogP contribution in [0.1, 0.15) is 16.2 Å². The summed E-state index contributed by atoms with van der Waals surface area (Å²) in [6.45, 7) is 0. The number of rotatable bonds is 4. The van der Waals surface area contributed by atoms with E-state index in [9.17, 15) is 4.79 Å². The van der Waals surface area contributed by atoms with Crippen LogP contribution in [0.4, 0.5) is 0 Å². The van der Waals surface area contributed by atoms with Crippen molar-refractivity contribution in [2.24, 2.45) is 0 Å². The van der Waals surface area contributed by atoms with Gasteiger partial charge in [-0.1, -0.05) is 12.1 Å². The molecule has 4 nitrogen and oxygen atoms in total. The number of fused-ring (bicyclic) bond motifs is 1. The predicted octanol–water partition coefficient (Wildman–Crippen LogP) is 3.55. The van der Waals surface area contributed by atoms with Crippen LogP contribution in [0.5, 0.6) is 0 Å². The first-order chi connectivity index (χ1) is 9.72. The van der Waals surface area contributed by atoms with Crippen molar-refractivity contribution in [1.29, 1.82) is 0 Å². The van der Waals surface area contributed by atoms with E-state index in [0.29, 0.717) is 5.56 Å². The highest BCUT2D eigenvalue weighted by Gasteiger charge is 2.04. The van der Waals surface area contributed by atoms with Crippen LogP contribution < -0.4 is 0 Å². The number of nitrogens with zero attached hydrogens (tertiary/aromatic N) is 1. The van der Waals surface area contributed by atoms with Crippen LogP contribution in [0.15, 0.2) is 53.4 Å². The maximum atomic E-state index is 10.8. The first kappa shape index (κ1) is 12.7. The van der Waals surface area contributed by atoms with Gasteiger partial charge in [-0.2, -0.15) is 0 Å². The van der Waals surface area contributed by atoms with Gasteiger partial charge in [-0.05, 0) is 36.4 Å². The van der Waals surface area contributed by atoms with E-state index in [4.69, 9.17) is 5.11 Å². The summed E-state index contributed by atoms with van der Waals surface area (Å²) in [4.78, 5) is 19.6. The molecule has 2 aromatic carbocycles. The highest BCUT2D eigenvalue weighted by Crippen LogP contribution is 2.23. The molecular weight excluding hydrogens is 272 g/mol. The molecule has 3 rings (SSSR count). The van der Waals surface area contributed by atoms with Crippen molar-refractivity contribution in [3.05, 3.63) is 59.9 Å². The lowest BCUT2D eigenvalue weighted by Gasteiger charge is -2.00. The van der Waals surface area contributed by atoms with Crippen LogP contribution in [-0.4, -0.2) is 21.0 Å². The lowest BCUT2D eigenvalue weighted by Crippen LogP contribution is -1.94. The van der Waals surface area contributed by atoms with Crippen LogP contribution in [0, 0.1) is 0 Å². The van der Waals surface area contributed by atoms with E-state index in [1.54, 1.807) is 23.9 Å². The predicted molar refractivity (Wildman–Crippen MR) is 79.1 cm³/mol. The highest BCUT2D eigenvalue weighted by atomic mass is 32.2. The normalized spacial score (nSPS) is 10.8. The number of thioether (sulfide) groups is 1. The number of H-pyrrole nitrogens is 1. The second-order valence-corrected chi connectivity index (χ2v) is 5.37. The van der Waals surface area contributed by atoms with Crippen LogP contribution in [0.25, 0.3) is 11.0 Å². The van der Waals surface area contributed by atoms with Gasteiger partial charge in [0.15, 0.2) is 0 Å². The summed E-state index contributed by atoms with van der Waals surface area (Å²) in [7, 11) is 0. The number of carbonyl (C=O) groups is 1. The van der Waals surface area contributed by atoms with Crippen molar-refractivity contribution in [3.8, 4) is 0 Å². The van der Waals surface area contributed by atoms with E-state index >= 15 is 0 Å². The fraction of sp³-hybridized carbons (Fsp3) is 0.0667. The third-order valence-corrected chi connectivity index (χ3v) is 3.94. The smallest absolute Gasteiger partial charge is 0.335 e. The number of aromatic nitrogens is 2. The minimum Gasteiger partial charge on any atom is -0.478 e. The van der Waals surface area contributed by atoms with Gasteiger partial charge >= 0.3 is 5.97 Å². The Bertz CT molecular complexity index is 717. The van der Waals surface area contributed by atoms with Crippen molar-refractivity contribution in [3.63, 3.8) is 0 Å². The molecule has 0 atom stereocenters. The largest absolute Gasteiger partial charge is 0.478 e. The zero-order valence-corrected chi connectivity index (χ0v) is 11.4. The Labute approximate surface area is 119 Å². The van der Waals surface area contributed by atoms with Gasteiger partial charge in [-0.25, -0.2) is 9.78 Å². The number of benzene rings is 2. The molecule has 5 heteroatoms. The monoisotopic (exact) mass is 284 g/mol. The van der Waals surface area contributed by atoms with Crippen LogP contribution >= 0.6 is 11.8 Å². The molecule has 0 saturated carbocycles. The minimum atomic E-state index is -0.904. The minimum absolute atomic E-state index is 0.304. The van der Waals surface area contributed by atoms with Gasteiger partial charge < -0.3 is 10.1 Å². The Morgan fingerprint density at radius 1 is 1.15 bits per heavy atom. The van der Waals surface area contributed by atoms with E-state index in [1.807, 2.05) is 36.4 Å². The van der Waals surface area contributed by atoms with Gasteiger partial charge in [-0.3, -0.25) is 0 Å². The van der Waals surface area contributed by atoms with Crippen LogP contribution in [-0.2, 0) is 5.75 Å². The summed E-state index contributed by atoms with van der Waals surface area (Å²) in [6, 6.07) is 14.8. The molecule has 100 valence electrons. The first-order valence-electron chi connectivity index (χ1n) is 6.12. The molecule has 1 aromatic heterocycles. The molecule has 0 amide bonds. The molecule has 0 aliphatic carbocycles. The summed E-state index contributed by atoms with van der Waals surface area (Å²) in [5.41, 5.74) is 2.30. The third kappa shape index (κ3) is 2.67. The summed E-state index contributed by atoms with van der Waals surface area (Å²) < 4.78 is 0. The number of para-hydroxylation sites is 2. The summed E-state index contributed by atoms with van der Waals surface area (Å²) in [5, 5.41) is 8.84. The number of hydrogen-bond donors (Lipinski definition) is 2. The number of carboxylic acids is 1. The zero-order valence-electron chi connectivity index (χ0n) is 10.5. The Balaban J connectivity index is 1.71. The van der Waals surface area contributed by atoms with E-state index in [1.165, 1.54) is 0 Å². The Morgan fingerprint density at radius 3 is 2.60 bits per heavy atom. The lowest BCUT2D eigenvalue weighted by molar-refractivity contribution is 0.0697. The number of hydrogen-bond acceptors (Lipinski definition) is 3. The van der Waals surface area contributed by atoms with Gasteiger partial charge in [0.1, 0.15) is 5.82 Å². The molecule has 0 bridgehead atoms. The van der Waals surface area contributed by atoms with Crippen molar-refractivity contribution in [2.75, 3.05) is 0 Å². The average molecular weight is 284 g/mol. The maximum absolute atomic E-state index is 10.8. The van der Waals surface area contributed by atoms with E-state index < -0.39 is 5.97 Å². The number of nitrogens with one attached hydrogen (secondary N) is 1.